The van der Waals surface area contributed by atoms with Crippen LogP contribution >= 0.6 is 23.1 Å². The maximum absolute atomic E-state index is 12.4. The first-order valence-electron chi connectivity index (χ1n) is 7.81. The average molecular weight is 349 g/mol. The van der Waals surface area contributed by atoms with E-state index in [1.807, 2.05) is 42.8 Å². The molecule has 2 aromatic rings. The van der Waals surface area contributed by atoms with Crippen molar-refractivity contribution in [2.75, 3.05) is 5.75 Å². The van der Waals surface area contributed by atoms with Gasteiger partial charge in [-0.05, 0) is 17.9 Å². The highest BCUT2D eigenvalue weighted by atomic mass is 32.2. The van der Waals surface area contributed by atoms with E-state index in [1.165, 1.54) is 11.8 Å². The lowest BCUT2D eigenvalue weighted by Crippen LogP contribution is -2.27. The molecule has 0 bridgehead atoms. The van der Waals surface area contributed by atoms with Crippen molar-refractivity contribution in [1.29, 1.82) is 0 Å². The Kier molecular flexibility index (Phi) is 6.25. The van der Waals surface area contributed by atoms with Crippen molar-refractivity contribution in [1.82, 2.24) is 10.3 Å². The van der Waals surface area contributed by atoms with Gasteiger partial charge in [0.1, 0.15) is 0 Å². The van der Waals surface area contributed by atoms with E-state index >= 15 is 0 Å². The van der Waals surface area contributed by atoms with Gasteiger partial charge in [0.25, 0.3) is 5.24 Å². The predicted molar refractivity (Wildman–Crippen MR) is 100 cm³/mol. The first-order valence-corrected chi connectivity index (χ1v) is 9.67. The Morgan fingerprint density at radius 2 is 2.04 bits per heavy atom. The molecule has 0 fully saturated rings. The van der Waals surface area contributed by atoms with Gasteiger partial charge in [0, 0.05) is 5.75 Å². The van der Waals surface area contributed by atoms with Gasteiger partial charge in [-0.3, -0.25) is 4.79 Å². The summed E-state index contributed by atoms with van der Waals surface area (Å²) < 4.78 is 0. The lowest BCUT2D eigenvalue weighted by Gasteiger charge is -2.23. The van der Waals surface area contributed by atoms with Crippen molar-refractivity contribution in [2.24, 2.45) is 5.41 Å². The van der Waals surface area contributed by atoms with Gasteiger partial charge in [0.2, 0.25) is 0 Å². The van der Waals surface area contributed by atoms with E-state index in [0.29, 0.717) is 0 Å². The second-order valence-corrected chi connectivity index (χ2v) is 8.22. The molecule has 0 saturated heterocycles. The fourth-order valence-electron chi connectivity index (χ4n) is 2.06. The van der Waals surface area contributed by atoms with Gasteiger partial charge in [-0.25, -0.2) is 4.98 Å². The topological polar surface area (TPSA) is 42.0 Å². The Morgan fingerprint density at radius 1 is 1.35 bits per heavy atom. The standard InChI is InChI=1S/C18H24N2OS2/c1-5-18(3,4)11-22-17(21)20-15(14-9-7-6-8-10-14)16-13(2)19-12-23-16/h6-10,12,15H,5,11H2,1-4H3,(H,20,21). The molecule has 2 rings (SSSR count). The molecule has 0 aliphatic heterocycles. The molecule has 0 spiro atoms. The number of carbonyl (C=O) groups is 1. The fraction of sp³-hybridized carbons (Fsp3) is 0.444. The van der Waals surface area contributed by atoms with Gasteiger partial charge >= 0.3 is 0 Å². The molecule has 124 valence electrons. The summed E-state index contributed by atoms with van der Waals surface area (Å²) in [7, 11) is 0. The van der Waals surface area contributed by atoms with Crippen LogP contribution in [0.4, 0.5) is 4.79 Å². The molecular weight excluding hydrogens is 324 g/mol. The number of carbonyl (C=O) groups excluding carboxylic acids is 1. The summed E-state index contributed by atoms with van der Waals surface area (Å²) in [5, 5.41) is 3.19. The van der Waals surface area contributed by atoms with Crippen LogP contribution in [0.15, 0.2) is 35.8 Å². The smallest absolute Gasteiger partial charge is 0.279 e. The van der Waals surface area contributed by atoms with Crippen molar-refractivity contribution >= 4 is 28.3 Å². The van der Waals surface area contributed by atoms with Crippen LogP contribution in [0.3, 0.4) is 0 Å². The molecule has 5 heteroatoms. The zero-order valence-electron chi connectivity index (χ0n) is 14.1. The Morgan fingerprint density at radius 3 is 2.61 bits per heavy atom. The molecule has 1 unspecified atom stereocenters. The van der Waals surface area contributed by atoms with Crippen molar-refractivity contribution in [3.63, 3.8) is 0 Å². The normalized spacial score (nSPS) is 12.9. The third-order valence-corrected chi connectivity index (χ3v) is 6.29. The van der Waals surface area contributed by atoms with Crippen LogP contribution in [0.5, 0.6) is 0 Å². The van der Waals surface area contributed by atoms with Gasteiger partial charge in [-0.15, -0.1) is 11.3 Å². The Hall–Kier alpha value is -1.33. The van der Waals surface area contributed by atoms with Crippen LogP contribution in [0.1, 0.15) is 49.4 Å². The SMILES string of the molecule is CCC(C)(C)CSC(=O)NC(c1ccccc1)c1scnc1C. The number of amides is 1. The maximum atomic E-state index is 12.4. The number of nitrogens with zero attached hydrogens (tertiary/aromatic N) is 1. The van der Waals surface area contributed by atoms with E-state index in [-0.39, 0.29) is 16.7 Å². The molecule has 1 amide bonds. The summed E-state index contributed by atoms with van der Waals surface area (Å²) in [4.78, 5) is 17.9. The largest absolute Gasteiger partial charge is 0.335 e. The summed E-state index contributed by atoms with van der Waals surface area (Å²) in [6, 6.07) is 9.94. The highest BCUT2D eigenvalue weighted by Gasteiger charge is 2.23. The molecule has 1 heterocycles. The van der Waals surface area contributed by atoms with Crippen LogP contribution in [0, 0.1) is 12.3 Å². The molecule has 1 aromatic heterocycles. The van der Waals surface area contributed by atoms with E-state index < -0.39 is 0 Å². The van der Waals surface area contributed by atoms with Crippen molar-refractivity contribution in [3.05, 3.63) is 52.0 Å². The highest BCUT2D eigenvalue weighted by Crippen LogP contribution is 2.30. The van der Waals surface area contributed by atoms with E-state index in [0.717, 1.165) is 28.3 Å². The van der Waals surface area contributed by atoms with E-state index in [1.54, 1.807) is 11.3 Å². The van der Waals surface area contributed by atoms with Crippen LogP contribution in [-0.4, -0.2) is 16.0 Å². The lowest BCUT2D eigenvalue weighted by molar-refractivity contribution is 0.258. The molecule has 0 aliphatic carbocycles. The number of aryl methyl sites for hydroxylation is 1. The third-order valence-electron chi connectivity index (χ3n) is 3.99. The van der Waals surface area contributed by atoms with Crippen molar-refractivity contribution in [2.45, 2.75) is 40.2 Å². The molecule has 1 N–H and O–H groups in total. The van der Waals surface area contributed by atoms with Crippen LogP contribution in [0.25, 0.3) is 0 Å². The molecule has 0 saturated carbocycles. The third kappa shape index (κ3) is 5.08. The predicted octanol–water partition coefficient (Wildman–Crippen LogP) is 5.42. The van der Waals surface area contributed by atoms with Gasteiger partial charge in [-0.2, -0.15) is 0 Å². The summed E-state index contributed by atoms with van der Waals surface area (Å²) in [6.45, 7) is 8.53. The Bertz CT molecular complexity index is 637. The quantitative estimate of drug-likeness (QED) is 0.758. The van der Waals surface area contributed by atoms with Crippen molar-refractivity contribution in [3.8, 4) is 0 Å². The summed E-state index contributed by atoms with van der Waals surface area (Å²) in [6.07, 6.45) is 1.06. The lowest BCUT2D eigenvalue weighted by atomic mass is 9.93. The van der Waals surface area contributed by atoms with E-state index in [2.05, 4.69) is 31.1 Å². The number of hydrogen-bond acceptors (Lipinski definition) is 4. The summed E-state index contributed by atoms with van der Waals surface area (Å²) >= 11 is 2.96. The Labute approximate surface area is 146 Å². The number of thiazole rings is 1. The first kappa shape index (κ1) is 18.0. The molecule has 23 heavy (non-hydrogen) atoms. The zero-order chi connectivity index (χ0) is 16.9. The zero-order valence-corrected chi connectivity index (χ0v) is 15.8. The Balaban J connectivity index is 2.13. The molecule has 0 radical (unpaired) electrons. The first-order chi connectivity index (χ1) is 10.9. The van der Waals surface area contributed by atoms with E-state index in [9.17, 15) is 4.79 Å². The molecule has 3 nitrogen and oxygen atoms in total. The summed E-state index contributed by atoms with van der Waals surface area (Å²) in [5.41, 5.74) is 4.07. The minimum atomic E-state index is -0.131. The second kappa shape index (κ2) is 7.97. The van der Waals surface area contributed by atoms with Crippen LogP contribution < -0.4 is 5.32 Å². The number of benzene rings is 1. The molecule has 1 atom stereocenters. The maximum Gasteiger partial charge on any atom is 0.279 e. The van der Waals surface area contributed by atoms with Gasteiger partial charge in [0.05, 0.1) is 22.1 Å². The minimum absolute atomic E-state index is 0.0215. The van der Waals surface area contributed by atoms with E-state index in [4.69, 9.17) is 0 Å². The van der Waals surface area contributed by atoms with Crippen molar-refractivity contribution < 1.29 is 4.79 Å². The summed E-state index contributed by atoms with van der Waals surface area (Å²) in [5.74, 6) is 0.818. The van der Waals surface area contributed by atoms with Crippen LogP contribution in [0.2, 0.25) is 0 Å². The molecular formula is C18H24N2OS2. The van der Waals surface area contributed by atoms with Gasteiger partial charge in [0.15, 0.2) is 0 Å². The van der Waals surface area contributed by atoms with Gasteiger partial charge in [-0.1, -0.05) is 69.3 Å². The number of thioether (sulfide) groups is 1. The average Bonchev–Trinajstić information content (AvgIpc) is 2.97. The number of nitrogens with one attached hydrogen (secondary N) is 1. The highest BCUT2D eigenvalue weighted by molar-refractivity contribution is 8.13. The molecule has 1 aromatic carbocycles. The molecule has 0 aliphatic rings. The second-order valence-electron chi connectivity index (χ2n) is 6.38. The number of aromatic nitrogens is 1. The fourth-order valence-corrected chi connectivity index (χ4v) is 3.86. The van der Waals surface area contributed by atoms with Crippen LogP contribution in [-0.2, 0) is 0 Å². The monoisotopic (exact) mass is 348 g/mol. The van der Waals surface area contributed by atoms with Gasteiger partial charge < -0.3 is 5.32 Å². The number of hydrogen-bond donors (Lipinski definition) is 1. The number of rotatable bonds is 6. The minimum Gasteiger partial charge on any atom is -0.335 e.